The Bertz CT molecular complexity index is 1800. The van der Waals surface area contributed by atoms with Crippen molar-refractivity contribution >= 4 is 34.3 Å². The maximum absolute atomic E-state index is 13.6. The molecule has 2 aliphatic rings. The van der Waals surface area contributed by atoms with Gasteiger partial charge in [-0.05, 0) is 80.8 Å². The van der Waals surface area contributed by atoms with Crippen molar-refractivity contribution in [3.8, 4) is 17.0 Å². The molecule has 1 aliphatic heterocycles. The van der Waals surface area contributed by atoms with E-state index in [1.807, 2.05) is 19.9 Å². The molecule has 220 valence electrons. The zero-order valence-corrected chi connectivity index (χ0v) is 24.2. The molecule has 10 heteroatoms. The summed E-state index contributed by atoms with van der Waals surface area (Å²) < 4.78 is 19.5. The summed E-state index contributed by atoms with van der Waals surface area (Å²) >= 11 is 0. The van der Waals surface area contributed by atoms with Gasteiger partial charge in [0.15, 0.2) is 0 Å². The lowest BCUT2D eigenvalue weighted by Gasteiger charge is -2.19. The van der Waals surface area contributed by atoms with Gasteiger partial charge < -0.3 is 21.1 Å². The van der Waals surface area contributed by atoms with E-state index in [1.165, 1.54) is 12.1 Å². The molecule has 43 heavy (non-hydrogen) atoms. The normalized spacial score (nSPS) is 18.0. The smallest absolute Gasteiger partial charge is 0.251 e. The van der Waals surface area contributed by atoms with Crippen LogP contribution in [0.25, 0.3) is 22.2 Å². The number of nitrogens with one attached hydrogen (secondary N) is 2. The molecule has 1 saturated carbocycles. The van der Waals surface area contributed by atoms with Crippen LogP contribution in [-0.2, 0) is 21.4 Å². The van der Waals surface area contributed by atoms with Crippen LogP contribution in [0.1, 0.15) is 53.9 Å². The van der Waals surface area contributed by atoms with Crippen molar-refractivity contribution in [3.63, 3.8) is 0 Å². The average Bonchev–Trinajstić information content (AvgIpc) is 3.64. The second kappa shape index (κ2) is 10.4. The third-order valence-electron chi connectivity index (χ3n) is 8.43. The molecular formula is C33H32FN5O4. The van der Waals surface area contributed by atoms with Crippen molar-refractivity contribution in [2.75, 3.05) is 18.5 Å². The first-order valence-corrected chi connectivity index (χ1v) is 14.2. The minimum absolute atomic E-state index is 0.0715. The molecule has 1 fully saturated rings. The van der Waals surface area contributed by atoms with Crippen LogP contribution in [0.15, 0.2) is 54.7 Å². The van der Waals surface area contributed by atoms with E-state index in [-0.39, 0.29) is 36.2 Å². The van der Waals surface area contributed by atoms with Crippen molar-refractivity contribution < 1.29 is 23.5 Å². The number of rotatable bonds is 8. The number of carbonyl (C=O) groups excluding carboxylic acids is 3. The number of hydrogen-bond donors (Lipinski definition) is 3. The molecule has 4 N–H and O–H groups in total. The summed E-state index contributed by atoms with van der Waals surface area (Å²) in [5.74, 6) is -0.870. The third-order valence-corrected chi connectivity index (χ3v) is 8.43. The van der Waals surface area contributed by atoms with Crippen molar-refractivity contribution in [1.29, 1.82) is 0 Å². The monoisotopic (exact) mass is 581 g/mol. The van der Waals surface area contributed by atoms with E-state index in [0.29, 0.717) is 51.5 Å². The topological polar surface area (TPSA) is 136 Å². The predicted molar refractivity (Wildman–Crippen MR) is 160 cm³/mol. The van der Waals surface area contributed by atoms with Gasteiger partial charge >= 0.3 is 0 Å². The van der Waals surface area contributed by atoms with Crippen molar-refractivity contribution in [1.82, 2.24) is 15.3 Å². The zero-order valence-electron chi connectivity index (χ0n) is 24.2. The lowest BCUT2D eigenvalue weighted by atomic mass is 9.83. The Morgan fingerprint density at radius 1 is 1.07 bits per heavy atom. The van der Waals surface area contributed by atoms with E-state index in [2.05, 4.69) is 15.6 Å². The number of nitrogens with two attached hydrogens (primary N) is 1. The van der Waals surface area contributed by atoms with Crippen LogP contribution in [0.5, 0.6) is 5.75 Å². The molecule has 0 radical (unpaired) electrons. The van der Waals surface area contributed by atoms with E-state index in [4.69, 9.17) is 15.5 Å². The van der Waals surface area contributed by atoms with E-state index in [1.54, 1.807) is 43.5 Å². The van der Waals surface area contributed by atoms with Crippen molar-refractivity contribution in [2.45, 2.75) is 45.4 Å². The van der Waals surface area contributed by atoms with Gasteiger partial charge in [0.05, 0.1) is 11.2 Å². The molecule has 0 bridgehead atoms. The summed E-state index contributed by atoms with van der Waals surface area (Å²) in [4.78, 5) is 47.8. The first kappa shape index (κ1) is 28.3. The molecule has 3 heterocycles. The van der Waals surface area contributed by atoms with Crippen LogP contribution < -0.4 is 21.1 Å². The molecule has 0 spiro atoms. The number of pyridine rings is 2. The van der Waals surface area contributed by atoms with Gasteiger partial charge in [-0.1, -0.05) is 6.92 Å². The zero-order chi connectivity index (χ0) is 30.5. The summed E-state index contributed by atoms with van der Waals surface area (Å²) in [6.07, 6.45) is 3.73. The molecule has 1 atom stereocenters. The number of benzene rings is 2. The molecule has 2 aromatic heterocycles. The standard InChI is InChI=1S/C33H32FN5O4/c1-18-12-20-13-21(14-25(26(20)37-16-18)39-31(42)32(2)9-10-32)29(40)36-11-8-23-15-24-28(43-17-33(24,3)30(35)41)27(38-23)19-4-6-22(34)7-5-19/h4-7,12-16H,8-11,17H2,1-3H3,(H2,35,41)(H,36,40)(H,39,42)/t33-/m0/s1. The van der Waals surface area contributed by atoms with E-state index < -0.39 is 11.3 Å². The molecule has 4 aromatic rings. The van der Waals surface area contributed by atoms with Crippen LogP contribution in [-0.4, -0.2) is 40.8 Å². The Kier molecular flexibility index (Phi) is 6.87. The van der Waals surface area contributed by atoms with Crippen LogP contribution in [0, 0.1) is 18.2 Å². The van der Waals surface area contributed by atoms with Crippen LogP contribution in [0.2, 0.25) is 0 Å². The fourth-order valence-electron chi connectivity index (χ4n) is 5.25. The first-order chi connectivity index (χ1) is 20.5. The Morgan fingerprint density at radius 3 is 2.51 bits per heavy atom. The number of amides is 3. The SMILES string of the molecule is Cc1cnc2c(NC(=O)C3(C)CC3)cc(C(=O)NCCc3cc4c(c(-c5ccc(F)cc5)n3)OC[C@]4(C)C(N)=O)cc2c1. The van der Waals surface area contributed by atoms with Gasteiger partial charge in [0.2, 0.25) is 11.8 Å². The lowest BCUT2D eigenvalue weighted by molar-refractivity contribution is -0.123. The van der Waals surface area contributed by atoms with Gasteiger partial charge in [-0.25, -0.2) is 9.37 Å². The quantitative estimate of drug-likeness (QED) is 0.279. The highest BCUT2D eigenvalue weighted by atomic mass is 19.1. The number of anilines is 1. The minimum atomic E-state index is -1.05. The number of aromatic nitrogens is 2. The predicted octanol–water partition coefficient (Wildman–Crippen LogP) is 4.59. The van der Waals surface area contributed by atoms with Gasteiger partial charge in [0.25, 0.3) is 5.91 Å². The maximum Gasteiger partial charge on any atom is 0.251 e. The van der Waals surface area contributed by atoms with Crippen LogP contribution in [0.4, 0.5) is 10.1 Å². The van der Waals surface area contributed by atoms with Gasteiger partial charge in [-0.15, -0.1) is 0 Å². The number of aryl methyl sites for hydroxylation is 1. The second-order valence-electron chi connectivity index (χ2n) is 12.0. The molecular weight excluding hydrogens is 549 g/mol. The number of nitrogens with zero attached hydrogens (tertiary/aromatic N) is 2. The maximum atomic E-state index is 13.6. The molecule has 0 saturated heterocycles. The number of fused-ring (bicyclic) bond motifs is 2. The third kappa shape index (κ3) is 5.29. The van der Waals surface area contributed by atoms with Crippen LogP contribution in [0.3, 0.4) is 0 Å². The van der Waals surface area contributed by atoms with E-state index in [0.717, 1.165) is 23.8 Å². The largest absolute Gasteiger partial charge is 0.489 e. The second-order valence-corrected chi connectivity index (χ2v) is 12.0. The molecule has 2 aromatic carbocycles. The van der Waals surface area contributed by atoms with Gasteiger partial charge in [0, 0.05) is 52.3 Å². The summed E-state index contributed by atoms with van der Waals surface area (Å²) in [6, 6.07) is 13.0. The van der Waals surface area contributed by atoms with Gasteiger partial charge in [-0.2, -0.15) is 0 Å². The van der Waals surface area contributed by atoms with Gasteiger partial charge in [0.1, 0.15) is 29.3 Å². The molecule has 9 nitrogen and oxygen atoms in total. The number of primary amides is 1. The Hall–Kier alpha value is -4.86. The molecule has 6 rings (SSSR count). The number of ether oxygens (including phenoxy) is 1. The Morgan fingerprint density at radius 2 is 1.81 bits per heavy atom. The molecule has 1 aliphatic carbocycles. The molecule has 0 unspecified atom stereocenters. The number of hydrogen-bond acceptors (Lipinski definition) is 6. The lowest BCUT2D eigenvalue weighted by Crippen LogP contribution is -2.39. The summed E-state index contributed by atoms with van der Waals surface area (Å²) in [5, 5.41) is 6.68. The van der Waals surface area contributed by atoms with Gasteiger partial charge in [-0.3, -0.25) is 19.4 Å². The first-order valence-electron chi connectivity index (χ1n) is 14.2. The highest BCUT2D eigenvalue weighted by Crippen LogP contribution is 2.46. The Balaban J connectivity index is 1.26. The molecule has 3 amide bonds. The van der Waals surface area contributed by atoms with Crippen molar-refractivity contribution in [3.05, 3.63) is 82.9 Å². The summed E-state index contributed by atoms with van der Waals surface area (Å²) in [6.45, 7) is 5.87. The van der Waals surface area contributed by atoms with Crippen molar-refractivity contribution in [2.24, 2.45) is 11.1 Å². The van der Waals surface area contributed by atoms with Crippen LogP contribution >= 0.6 is 0 Å². The number of carbonyl (C=O) groups is 3. The fourth-order valence-corrected chi connectivity index (χ4v) is 5.25. The highest BCUT2D eigenvalue weighted by Gasteiger charge is 2.45. The minimum Gasteiger partial charge on any atom is -0.489 e. The van der Waals surface area contributed by atoms with E-state index in [9.17, 15) is 18.8 Å². The fraction of sp³-hybridized carbons (Fsp3) is 0.303. The highest BCUT2D eigenvalue weighted by molar-refractivity contribution is 6.07. The number of halogens is 1. The summed E-state index contributed by atoms with van der Waals surface area (Å²) in [7, 11) is 0. The Labute approximate surface area is 248 Å². The van der Waals surface area contributed by atoms with E-state index >= 15 is 0 Å². The average molecular weight is 582 g/mol. The summed E-state index contributed by atoms with van der Waals surface area (Å²) in [5.41, 5.74) is 9.08.